The average molecular weight is 300 g/mol. The summed E-state index contributed by atoms with van der Waals surface area (Å²) in [6.07, 6.45) is 3.78. The van der Waals surface area contributed by atoms with Crippen molar-refractivity contribution in [3.63, 3.8) is 0 Å². The molecule has 3 aromatic rings. The molecule has 0 aromatic carbocycles. The molecule has 3 heterocycles. The first-order chi connectivity index (χ1) is 10.2. The number of carbonyl (C=O) groups excluding carboxylic acids is 1. The number of amides is 1. The van der Waals surface area contributed by atoms with Crippen LogP contribution in [0.15, 0.2) is 36.0 Å². The average Bonchev–Trinajstić information content (AvgIpc) is 3.11. The molecule has 0 fully saturated rings. The molecule has 0 aliphatic heterocycles. The van der Waals surface area contributed by atoms with Gasteiger partial charge in [-0.2, -0.15) is 0 Å². The van der Waals surface area contributed by atoms with Gasteiger partial charge in [-0.15, -0.1) is 11.3 Å². The van der Waals surface area contributed by atoms with Gasteiger partial charge in [-0.1, -0.05) is 6.07 Å². The molecule has 5 nitrogen and oxygen atoms in total. The van der Waals surface area contributed by atoms with Crippen molar-refractivity contribution in [3.05, 3.63) is 52.4 Å². The van der Waals surface area contributed by atoms with E-state index in [0.717, 1.165) is 16.3 Å². The van der Waals surface area contributed by atoms with Crippen molar-refractivity contribution < 1.29 is 4.79 Å². The zero-order chi connectivity index (χ0) is 14.8. The second-order valence-electron chi connectivity index (χ2n) is 4.75. The minimum absolute atomic E-state index is 0.0345. The van der Waals surface area contributed by atoms with E-state index in [-0.39, 0.29) is 5.91 Å². The van der Waals surface area contributed by atoms with Gasteiger partial charge in [-0.25, -0.2) is 9.97 Å². The summed E-state index contributed by atoms with van der Waals surface area (Å²) in [7, 11) is 0. The van der Waals surface area contributed by atoms with E-state index in [0.29, 0.717) is 18.8 Å². The predicted molar refractivity (Wildman–Crippen MR) is 82.5 cm³/mol. The molecule has 0 atom stereocenters. The molecule has 3 aromatic heterocycles. The van der Waals surface area contributed by atoms with Gasteiger partial charge in [0.1, 0.15) is 11.3 Å². The van der Waals surface area contributed by atoms with Crippen LogP contribution in [0.4, 0.5) is 0 Å². The number of aromatic nitrogens is 3. The Morgan fingerprint density at radius 1 is 1.43 bits per heavy atom. The highest BCUT2D eigenvalue weighted by Crippen LogP contribution is 2.14. The Morgan fingerprint density at radius 3 is 3.00 bits per heavy atom. The first-order valence-electron chi connectivity index (χ1n) is 6.81. The van der Waals surface area contributed by atoms with E-state index in [2.05, 4.69) is 9.97 Å². The van der Waals surface area contributed by atoms with Gasteiger partial charge >= 0.3 is 0 Å². The van der Waals surface area contributed by atoms with E-state index >= 15 is 0 Å². The van der Waals surface area contributed by atoms with Gasteiger partial charge in [0.15, 0.2) is 0 Å². The van der Waals surface area contributed by atoms with Crippen molar-refractivity contribution in [1.29, 1.82) is 0 Å². The first kappa shape index (κ1) is 13.8. The topological polar surface area (TPSA) is 50.5 Å². The van der Waals surface area contributed by atoms with Crippen LogP contribution in [-0.4, -0.2) is 31.7 Å². The van der Waals surface area contributed by atoms with Crippen LogP contribution in [0, 0.1) is 6.92 Å². The molecule has 0 radical (unpaired) electrons. The van der Waals surface area contributed by atoms with E-state index in [1.54, 1.807) is 4.90 Å². The van der Waals surface area contributed by atoms with Crippen LogP contribution in [0.5, 0.6) is 0 Å². The van der Waals surface area contributed by atoms with Crippen molar-refractivity contribution in [3.8, 4) is 0 Å². The van der Waals surface area contributed by atoms with E-state index in [1.165, 1.54) is 11.3 Å². The quantitative estimate of drug-likeness (QED) is 0.744. The highest BCUT2D eigenvalue weighted by Gasteiger charge is 2.18. The Labute approximate surface area is 126 Å². The van der Waals surface area contributed by atoms with Gasteiger partial charge in [-0.3, -0.25) is 4.79 Å². The maximum absolute atomic E-state index is 12.5. The van der Waals surface area contributed by atoms with Crippen molar-refractivity contribution in [2.45, 2.75) is 20.4 Å². The van der Waals surface area contributed by atoms with Crippen molar-refractivity contribution >= 4 is 22.9 Å². The molecule has 21 heavy (non-hydrogen) atoms. The lowest BCUT2D eigenvalue weighted by atomic mass is 10.3. The van der Waals surface area contributed by atoms with E-state index in [1.807, 2.05) is 54.2 Å². The molecular formula is C15H16N4OS. The Kier molecular flexibility index (Phi) is 3.70. The number of carbonyl (C=O) groups is 1. The number of thiazole rings is 1. The molecule has 1 amide bonds. The second-order valence-corrected chi connectivity index (χ2v) is 5.81. The van der Waals surface area contributed by atoms with E-state index < -0.39 is 0 Å². The summed E-state index contributed by atoms with van der Waals surface area (Å²) in [5.41, 5.74) is 2.40. The summed E-state index contributed by atoms with van der Waals surface area (Å²) in [5.74, 6) is -0.0345. The first-order valence-corrected chi connectivity index (χ1v) is 7.69. The number of nitrogens with zero attached hydrogens (tertiary/aromatic N) is 4. The molecule has 0 saturated heterocycles. The largest absolute Gasteiger partial charge is 0.332 e. The number of fused-ring (bicyclic) bond motifs is 1. The van der Waals surface area contributed by atoms with Gasteiger partial charge in [0.05, 0.1) is 23.4 Å². The fourth-order valence-electron chi connectivity index (χ4n) is 2.25. The Hall–Kier alpha value is -2.21. The zero-order valence-corrected chi connectivity index (χ0v) is 12.8. The second kappa shape index (κ2) is 5.65. The molecule has 0 aliphatic rings. The molecule has 6 heteroatoms. The van der Waals surface area contributed by atoms with Crippen LogP contribution < -0.4 is 0 Å². The lowest BCUT2D eigenvalue weighted by molar-refractivity contribution is 0.0745. The van der Waals surface area contributed by atoms with Crippen LogP contribution in [0.2, 0.25) is 0 Å². The minimum atomic E-state index is -0.0345. The standard InChI is InChI=1S/C15H16N4OS/c1-3-18(15(20)13-10-21-11(2)17-13)9-12-8-16-14-6-4-5-7-19(12)14/h4-8,10H,3,9H2,1-2H3. The molecule has 0 aliphatic carbocycles. The third-order valence-electron chi connectivity index (χ3n) is 3.35. The molecule has 108 valence electrons. The summed E-state index contributed by atoms with van der Waals surface area (Å²) in [6, 6.07) is 5.86. The fraction of sp³-hybridized carbons (Fsp3) is 0.267. The number of aryl methyl sites for hydroxylation is 1. The predicted octanol–water partition coefficient (Wildman–Crippen LogP) is 2.76. The third-order valence-corrected chi connectivity index (χ3v) is 4.13. The zero-order valence-electron chi connectivity index (χ0n) is 12.0. The van der Waals surface area contributed by atoms with Gasteiger partial charge in [0, 0.05) is 18.1 Å². The minimum Gasteiger partial charge on any atom is -0.332 e. The Morgan fingerprint density at radius 2 is 2.29 bits per heavy atom. The van der Waals surface area contributed by atoms with Crippen molar-refractivity contribution in [1.82, 2.24) is 19.3 Å². The normalized spacial score (nSPS) is 11.0. The monoisotopic (exact) mass is 300 g/mol. The summed E-state index contributed by atoms with van der Waals surface area (Å²) in [4.78, 5) is 22.9. The summed E-state index contributed by atoms with van der Waals surface area (Å²) < 4.78 is 2.00. The number of hydrogen-bond acceptors (Lipinski definition) is 4. The van der Waals surface area contributed by atoms with Crippen LogP contribution in [0.25, 0.3) is 5.65 Å². The maximum atomic E-state index is 12.5. The van der Waals surface area contributed by atoms with Gasteiger partial charge in [-0.05, 0) is 26.0 Å². The lowest BCUT2D eigenvalue weighted by Crippen LogP contribution is -2.31. The van der Waals surface area contributed by atoms with E-state index in [4.69, 9.17) is 0 Å². The third kappa shape index (κ3) is 2.67. The maximum Gasteiger partial charge on any atom is 0.273 e. The van der Waals surface area contributed by atoms with Gasteiger partial charge in [0.25, 0.3) is 5.91 Å². The van der Waals surface area contributed by atoms with Crippen molar-refractivity contribution in [2.75, 3.05) is 6.54 Å². The number of pyridine rings is 1. The van der Waals surface area contributed by atoms with Crippen LogP contribution >= 0.6 is 11.3 Å². The number of hydrogen-bond donors (Lipinski definition) is 0. The number of imidazole rings is 1. The molecule has 0 saturated carbocycles. The summed E-state index contributed by atoms with van der Waals surface area (Å²) in [5, 5.41) is 2.72. The SMILES string of the molecule is CCN(Cc1cnc2ccccn12)C(=O)c1csc(C)n1. The van der Waals surface area contributed by atoms with Crippen LogP contribution in [0.1, 0.15) is 28.1 Å². The Bertz CT molecular complexity index is 777. The molecular weight excluding hydrogens is 284 g/mol. The molecule has 0 bridgehead atoms. The molecule has 3 rings (SSSR count). The van der Waals surface area contributed by atoms with Crippen LogP contribution in [-0.2, 0) is 6.54 Å². The Balaban J connectivity index is 1.86. The summed E-state index contributed by atoms with van der Waals surface area (Å²) in [6.45, 7) is 5.04. The van der Waals surface area contributed by atoms with Crippen LogP contribution in [0.3, 0.4) is 0 Å². The highest BCUT2D eigenvalue weighted by molar-refractivity contribution is 7.09. The molecule has 0 spiro atoms. The van der Waals surface area contributed by atoms with Gasteiger partial charge in [0.2, 0.25) is 0 Å². The van der Waals surface area contributed by atoms with Gasteiger partial charge < -0.3 is 9.30 Å². The van der Waals surface area contributed by atoms with E-state index in [9.17, 15) is 4.79 Å². The fourth-order valence-corrected chi connectivity index (χ4v) is 2.84. The number of rotatable bonds is 4. The lowest BCUT2D eigenvalue weighted by Gasteiger charge is -2.19. The molecule has 0 N–H and O–H groups in total. The van der Waals surface area contributed by atoms with Crippen molar-refractivity contribution in [2.24, 2.45) is 0 Å². The smallest absolute Gasteiger partial charge is 0.273 e. The highest BCUT2D eigenvalue weighted by atomic mass is 32.1. The molecule has 0 unspecified atom stereocenters. The summed E-state index contributed by atoms with van der Waals surface area (Å²) >= 11 is 1.49.